The molecule has 8 heteroatoms. The number of ether oxygens (including phenoxy) is 1. The molecule has 7 nitrogen and oxygen atoms in total. The number of hydrogen-bond acceptors (Lipinski definition) is 6. The zero-order chi connectivity index (χ0) is 18.7. The molecular weight excluding hydrogens is 339 g/mol. The van der Waals surface area contributed by atoms with Gasteiger partial charge in [-0.15, -0.1) is 0 Å². The number of morpholine rings is 1. The molecule has 138 valence electrons. The first-order chi connectivity index (χ1) is 12.4. The SMILES string of the molecule is CC(C)(Nc1ccc([N+](=O)[O-])c(N2CCOCC2)n1)c1ccc(F)cc1. The maximum atomic E-state index is 13.2. The molecule has 0 bridgehead atoms. The van der Waals surface area contributed by atoms with Gasteiger partial charge >= 0.3 is 5.69 Å². The van der Waals surface area contributed by atoms with Gasteiger partial charge in [0.05, 0.1) is 23.7 Å². The Morgan fingerprint density at radius 1 is 1.19 bits per heavy atom. The Bertz CT molecular complexity index is 790. The monoisotopic (exact) mass is 360 g/mol. The first kappa shape index (κ1) is 18.1. The molecule has 1 N–H and O–H groups in total. The third kappa shape index (κ3) is 3.91. The Morgan fingerprint density at radius 2 is 1.85 bits per heavy atom. The van der Waals surface area contributed by atoms with E-state index in [0.29, 0.717) is 37.9 Å². The van der Waals surface area contributed by atoms with E-state index in [2.05, 4.69) is 10.3 Å². The molecule has 26 heavy (non-hydrogen) atoms. The predicted octanol–water partition coefficient (Wildman–Crippen LogP) is 3.31. The number of nitrogens with one attached hydrogen (secondary N) is 1. The largest absolute Gasteiger partial charge is 0.378 e. The zero-order valence-electron chi connectivity index (χ0n) is 14.7. The van der Waals surface area contributed by atoms with E-state index in [1.165, 1.54) is 18.2 Å². The molecule has 0 aliphatic carbocycles. The summed E-state index contributed by atoms with van der Waals surface area (Å²) in [5.74, 6) is 0.553. The minimum absolute atomic E-state index is 0.0305. The molecule has 1 aliphatic heterocycles. The van der Waals surface area contributed by atoms with Crippen molar-refractivity contribution in [1.82, 2.24) is 4.98 Å². The minimum Gasteiger partial charge on any atom is -0.378 e. The second kappa shape index (κ2) is 7.25. The van der Waals surface area contributed by atoms with Gasteiger partial charge in [0.2, 0.25) is 5.82 Å². The van der Waals surface area contributed by atoms with Gasteiger partial charge in [0.1, 0.15) is 11.6 Å². The van der Waals surface area contributed by atoms with E-state index in [1.54, 1.807) is 18.2 Å². The Hall–Kier alpha value is -2.74. The normalized spacial score (nSPS) is 15.0. The average molecular weight is 360 g/mol. The summed E-state index contributed by atoms with van der Waals surface area (Å²) >= 11 is 0. The van der Waals surface area contributed by atoms with Gasteiger partial charge in [-0.3, -0.25) is 10.1 Å². The molecular formula is C18H21FN4O3. The van der Waals surface area contributed by atoms with Crippen LogP contribution in [0, 0.1) is 15.9 Å². The number of anilines is 2. The van der Waals surface area contributed by atoms with Crippen LogP contribution in [0.2, 0.25) is 0 Å². The topological polar surface area (TPSA) is 80.5 Å². The highest BCUT2D eigenvalue weighted by Gasteiger charge is 2.26. The van der Waals surface area contributed by atoms with Crippen LogP contribution in [-0.2, 0) is 10.3 Å². The Kier molecular flexibility index (Phi) is 5.03. The van der Waals surface area contributed by atoms with Crippen LogP contribution in [0.5, 0.6) is 0 Å². The number of nitro groups is 1. The van der Waals surface area contributed by atoms with Crippen LogP contribution < -0.4 is 10.2 Å². The van der Waals surface area contributed by atoms with Gasteiger partial charge in [0.25, 0.3) is 0 Å². The lowest BCUT2D eigenvalue weighted by Crippen LogP contribution is -2.37. The van der Waals surface area contributed by atoms with Gasteiger partial charge in [0.15, 0.2) is 0 Å². The molecule has 0 amide bonds. The molecule has 0 saturated carbocycles. The summed E-state index contributed by atoms with van der Waals surface area (Å²) in [7, 11) is 0. The summed E-state index contributed by atoms with van der Waals surface area (Å²) in [6.45, 7) is 6.02. The van der Waals surface area contributed by atoms with Crippen LogP contribution in [-0.4, -0.2) is 36.2 Å². The lowest BCUT2D eigenvalue weighted by molar-refractivity contribution is -0.384. The van der Waals surface area contributed by atoms with Gasteiger partial charge in [0, 0.05) is 19.2 Å². The van der Waals surface area contributed by atoms with Crippen molar-refractivity contribution in [2.45, 2.75) is 19.4 Å². The van der Waals surface area contributed by atoms with Crippen molar-refractivity contribution >= 4 is 17.3 Å². The van der Waals surface area contributed by atoms with E-state index in [1.807, 2.05) is 18.7 Å². The summed E-state index contributed by atoms with van der Waals surface area (Å²) < 4.78 is 18.5. The molecule has 1 aromatic carbocycles. The van der Waals surface area contributed by atoms with E-state index in [-0.39, 0.29) is 11.5 Å². The van der Waals surface area contributed by atoms with E-state index in [0.717, 1.165) is 5.56 Å². The number of aromatic nitrogens is 1. The third-order valence-corrected chi connectivity index (χ3v) is 4.37. The van der Waals surface area contributed by atoms with Crippen LogP contribution in [0.3, 0.4) is 0 Å². The van der Waals surface area contributed by atoms with Crippen LogP contribution in [0.4, 0.5) is 21.7 Å². The molecule has 1 aliphatic rings. The number of pyridine rings is 1. The summed E-state index contributed by atoms with van der Waals surface area (Å²) in [6.07, 6.45) is 0. The molecule has 0 unspecified atom stereocenters. The van der Waals surface area contributed by atoms with Gasteiger partial charge < -0.3 is 15.0 Å². The van der Waals surface area contributed by atoms with Crippen molar-refractivity contribution in [3.05, 3.63) is 57.9 Å². The molecule has 0 spiro atoms. The Balaban J connectivity index is 1.90. The van der Waals surface area contributed by atoms with E-state index >= 15 is 0 Å². The van der Waals surface area contributed by atoms with E-state index in [9.17, 15) is 14.5 Å². The van der Waals surface area contributed by atoms with E-state index in [4.69, 9.17) is 4.74 Å². The van der Waals surface area contributed by atoms with Crippen molar-refractivity contribution in [3.63, 3.8) is 0 Å². The third-order valence-electron chi connectivity index (χ3n) is 4.37. The maximum Gasteiger partial charge on any atom is 0.311 e. The van der Waals surface area contributed by atoms with Gasteiger partial charge in [-0.2, -0.15) is 0 Å². The molecule has 1 aromatic heterocycles. The zero-order valence-corrected chi connectivity index (χ0v) is 14.7. The minimum atomic E-state index is -0.529. The molecule has 0 atom stereocenters. The van der Waals surface area contributed by atoms with Gasteiger partial charge in [-0.25, -0.2) is 9.37 Å². The molecule has 2 heterocycles. The van der Waals surface area contributed by atoms with Crippen LogP contribution in [0.25, 0.3) is 0 Å². The summed E-state index contributed by atoms with van der Waals surface area (Å²) in [4.78, 5) is 17.3. The van der Waals surface area contributed by atoms with Crippen LogP contribution in [0.1, 0.15) is 19.4 Å². The average Bonchev–Trinajstić information content (AvgIpc) is 2.62. The maximum absolute atomic E-state index is 13.2. The molecule has 1 saturated heterocycles. The van der Waals surface area contributed by atoms with Crippen molar-refractivity contribution in [2.24, 2.45) is 0 Å². The number of nitrogens with zero attached hydrogens (tertiary/aromatic N) is 3. The second-order valence-electron chi connectivity index (χ2n) is 6.65. The fourth-order valence-electron chi connectivity index (χ4n) is 2.92. The molecule has 1 fully saturated rings. The quantitative estimate of drug-likeness (QED) is 0.651. The van der Waals surface area contributed by atoms with Gasteiger partial charge in [-0.05, 0) is 37.6 Å². The summed E-state index contributed by atoms with van der Waals surface area (Å²) in [5, 5.41) is 14.7. The lowest BCUT2D eigenvalue weighted by atomic mass is 9.94. The fraction of sp³-hybridized carbons (Fsp3) is 0.389. The lowest BCUT2D eigenvalue weighted by Gasteiger charge is -2.30. The number of rotatable bonds is 5. The smallest absolute Gasteiger partial charge is 0.311 e. The number of halogens is 1. The highest BCUT2D eigenvalue weighted by atomic mass is 19.1. The van der Waals surface area contributed by atoms with Gasteiger partial charge in [-0.1, -0.05) is 12.1 Å². The fourth-order valence-corrected chi connectivity index (χ4v) is 2.92. The van der Waals surface area contributed by atoms with Crippen LogP contribution >= 0.6 is 0 Å². The second-order valence-corrected chi connectivity index (χ2v) is 6.65. The van der Waals surface area contributed by atoms with Crippen molar-refractivity contribution in [2.75, 3.05) is 36.5 Å². The number of hydrogen-bond donors (Lipinski definition) is 1. The summed E-state index contributed by atoms with van der Waals surface area (Å²) in [5.41, 5.74) is 0.322. The first-order valence-corrected chi connectivity index (χ1v) is 8.39. The highest BCUT2D eigenvalue weighted by Crippen LogP contribution is 2.31. The Morgan fingerprint density at radius 3 is 2.46 bits per heavy atom. The predicted molar refractivity (Wildman–Crippen MR) is 97.0 cm³/mol. The summed E-state index contributed by atoms with van der Waals surface area (Å²) in [6, 6.07) is 9.27. The number of benzene rings is 1. The Labute approximate surface area is 150 Å². The van der Waals surface area contributed by atoms with Crippen LogP contribution in [0.15, 0.2) is 36.4 Å². The first-order valence-electron chi connectivity index (χ1n) is 8.39. The highest BCUT2D eigenvalue weighted by molar-refractivity contribution is 5.62. The van der Waals surface area contributed by atoms with E-state index < -0.39 is 10.5 Å². The van der Waals surface area contributed by atoms with Crippen molar-refractivity contribution in [3.8, 4) is 0 Å². The van der Waals surface area contributed by atoms with Crippen molar-refractivity contribution in [1.29, 1.82) is 0 Å². The standard InChI is InChI=1S/C18H21FN4O3/c1-18(2,13-3-5-14(19)6-4-13)21-16-8-7-15(23(24)25)17(20-16)22-9-11-26-12-10-22/h3-8H,9-12H2,1-2H3,(H,20,21). The molecule has 0 radical (unpaired) electrons. The van der Waals surface area contributed by atoms with Crippen molar-refractivity contribution < 1.29 is 14.1 Å². The molecule has 2 aromatic rings. The molecule has 3 rings (SSSR count).